The van der Waals surface area contributed by atoms with Crippen LogP contribution in [0.3, 0.4) is 0 Å². The molecule has 120 valence electrons. The fourth-order valence-electron chi connectivity index (χ4n) is 1.67. The first kappa shape index (κ1) is 26.8. The summed E-state index contributed by atoms with van der Waals surface area (Å²) in [6.07, 6.45) is 6.66. The van der Waals surface area contributed by atoms with Gasteiger partial charge in [0, 0.05) is 41.2 Å². The molecule has 0 amide bonds. The molecule has 1 aliphatic carbocycles. The van der Waals surface area contributed by atoms with Crippen LogP contribution in [0.5, 0.6) is 0 Å². The molecule has 1 aliphatic rings. The molecule has 1 aromatic rings. The molecule has 1 fully saturated rings. The van der Waals surface area contributed by atoms with Crippen LogP contribution in [0.4, 0.5) is 0 Å². The van der Waals surface area contributed by atoms with Crippen molar-refractivity contribution in [2.45, 2.75) is 19.8 Å². The van der Waals surface area contributed by atoms with E-state index in [1.807, 2.05) is 31.2 Å². The van der Waals surface area contributed by atoms with Crippen molar-refractivity contribution in [3.05, 3.63) is 73.6 Å². The second-order valence-electron chi connectivity index (χ2n) is 3.73. The van der Waals surface area contributed by atoms with Crippen molar-refractivity contribution in [1.82, 2.24) is 0 Å². The monoisotopic (exact) mass is 372 g/mol. The van der Waals surface area contributed by atoms with Crippen molar-refractivity contribution in [3.8, 4) is 0 Å². The fourth-order valence-corrected chi connectivity index (χ4v) is 2.47. The summed E-state index contributed by atoms with van der Waals surface area (Å²) in [7, 11) is 0. The molecule has 23 heavy (non-hydrogen) atoms. The minimum atomic E-state index is -0.269. The second kappa shape index (κ2) is 17.3. The first-order valence-corrected chi connectivity index (χ1v) is 6.61. The Balaban J connectivity index is -0.000000514. The van der Waals surface area contributed by atoms with Crippen molar-refractivity contribution in [3.63, 3.8) is 0 Å². The maximum atomic E-state index is 11.0. The second-order valence-corrected chi connectivity index (χ2v) is 4.71. The zero-order valence-corrected chi connectivity index (χ0v) is 14.4. The van der Waals surface area contributed by atoms with E-state index in [0.717, 1.165) is 0 Å². The van der Waals surface area contributed by atoms with Gasteiger partial charge in [-0.15, -0.1) is 11.3 Å². The number of rotatable bonds is 2. The van der Waals surface area contributed by atoms with Crippen LogP contribution in [-0.2, 0) is 40.6 Å². The van der Waals surface area contributed by atoms with Gasteiger partial charge >= 0.3 is 39.9 Å². The van der Waals surface area contributed by atoms with Gasteiger partial charge in [0.05, 0.1) is 0 Å². The molecule has 1 saturated carbocycles. The minimum absolute atomic E-state index is 0. The molecule has 1 aromatic heterocycles. The minimum Gasteiger partial charge on any atom is 0 e. The van der Waals surface area contributed by atoms with E-state index in [-0.39, 0.29) is 29.0 Å². The molecule has 2 rings (SSSR count). The number of esters is 1. The van der Waals surface area contributed by atoms with E-state index in [0.29, 0.717) is 6.10 Å². The van der Waals surface area contributed by atoms with Gasteiger partial charge in [0.2, 0.25) is 0 Å². The fraction of sp³-hybridized carbons (Fsp3) is 0.188. The first-order chi connectivity index (χ1) is 10.7. The molecule has 5 nitrogen and oxygen atoms in total. The summed E-state index contributed by atoms with van der Waals surface area (Å²) in [6.45, 7) is 17.0. The topological polar surface area (TPSA) is 86.0 Å². The predicted octanol–water partition coefficient (Wildman–Crippen LogP) is 3.03. The Hall–Kier alpha value is -1.09. The third-order valence-corrected chi connectivity index (χ3v) is 3.31. The summed E-state index contributed by atoms with van der Waals surface area (Å²) >= 11 is 1.67. The normalized spacial score (nSPS) is 16.4. The van der Waals surface area contributed by atoms with Gasteiger partial charge in [-0.2, -0.15) is 0 Å². The van der Waals surface area contributed by atoms with Crippen LogP contribution < -0.4 is 0 Å². The molecule has 0 N–H and O–H groups in total. The van der Waals surface area contributed by atoms with Gasteiger partial charge < -0.3 is 4.74 Å². The molecule has 6 radical (unpaired) electrons. The molecule has 0 aromatic carbocycles. The summed E-state index contributed by atoms with van der Waals surface area (Å²) in [5, 5.41) is 2.03. The maximum Gasteiger partial charge on any atom is 0 e. The van der Waals surface area contributed by atoms with Gasteiger partial charge in [0.25, 0.3) is 0 Å². The van der Waals surface area contributed by atoms with Gasteiger partial charge in [-0.3, -0.25) is 4.79 Å². The Bertz CT molecular complexity index is 452. The smallest absolute Gasteiger partial charge is 0 e. The van der Waals surface area contributed by atoms with Crippen LogP contribution in [0.2, 0.25) is 0 Å². The molecule has 0 aliphatic heterocycles. The summed E-state index contributed by atoms with van der Waals surface area (Å²) < 4.78 is 27.7. The van der Waals surface area contributed by atoms with Crippen molar-refractivity contribution in [2.24, 2.45) is 0 Å². The number of ether oxygens (including phenoxy) is 1. The van der Waals surface area contributed by atoms with Crippen molar-refractivity contribution in [1.29, 1.82) is 0 Å². The van der Waals surface area contributed by atoms with E-state index in [1.165, 1.54) is 17.7 Å². The van der Waals surface area contributed by atoms with Gasteiger partial charge in [0.15, 0.2) is 6.10 Å². The number of hydrogen-bond acceptors (Lipinski definition) is 3. The van der Waals surface area contributed by atoms with E-state index >= 15 is 0 Å². The molecule has 1 atom stereocenters. The van der Waals surface area contributed by atoms with Gasteiger partial charge in [-0.05, 0) is 30.2 Å². The standard InChI is InChI=1S/C13H13O2S.3CO.Mn/c1-9-5-6-12(15-10(2)14)11(8-9)13-4-3-7-16-13;3*1-2;/h3-8,11H,1-2H3;;;;/t11-;;;;/m1..../s1. The maximum absolute atomic E-state index is 11.0. The zero-order valence-electron chi connectivity index (χ0n) is 12.4. The first-order valence-electron chi connectivity index (χ1n) is 5.73. The number of thiophene rings is 1. The molecule has 0 unspecified atom stereocenters. The average molecular weight is 372 g/mol. The van der Waals surface area contributed by atoms with Crippen molar-refractivity contribution < 1.29 is 40.6 Å². The predicted molar refractivity (Wildman–Crippen MR) is 75.7 cm³/mol. The molecule has 0 saturated heterocycles. The van der Waals surface area contributed by atoms with Crippen LogP contribution in [-0.4, -0.2) is 5.97 Å². The van der Waals surface area contributed by atoms with Gasteiger partial charge in [-0.25, -0.2) is 0 Å². The van der Waals surface area contributed by atoms with E-state index in [4.69, 9.17) is 18.7 Å². The number of hydrogen-bond donors (Lipinski definition) is 0. The Morgan fingerprint density at radius 2 is 1.74 bits per heavy atom. The Morgan fingerprint density at radius 3 is 2.17 bits per heavy atom. The Labute approximate surface area is 151 Å². The average Bonchev–Trinajstić information content (AvgIpc) is 3.09. The summed E-state index contributed by atoms with van der Waals surface area (Å²) in [5.41, 5.74) is 0. The van der Waals surface area contributed by atoms with E-state index < -0.39 is 0 Å². The summed E-state index contributed by atoms with van der Waals surface area (Å²) in [4.78, 5) is 12.2. The van der Waals surface area contributed by atoms with Crippen LogP contribution in [0, 0.1) is 51.2 Å². The summed E-state index contributed by atoms with van der Waals surface area (Å²) in [6, 6.07) is 4.06. The van der Waals surface area contributed by atoms with Crippen LogP contribution in [0.1, 0.15) is 24.6 Å². The zero-order chi connectivity index (χ0) is 17.5. The Morgan fingerprint density at radius 1 is 1.17 bits per heavy atom. The molecule has 1 heterocycles. The molecule has 0 spiro atoms. The molecule has 7 heteroatoms. The quantitative estimate of drug-likeness (QED) is 0.346. The van der Waals surface area contributed by atoms with Crippen LogP contribution >= 0.6 is 11.3 Å². The third kappa shape index (κ3) is 10.3. The van der Waals surface area contributed by atoms with Crippen LogP contribution in [0.25, 0.3) is 0 Å². The summed E-state index contributed by atoms with van der Waals surface area (Å²) in [5.74, 6) is 0.998. The third-order valence-electron chi connectivity index (χ3n) is 2.36. The number of carbonyl (C=O) groups excluding carboxylic acids is 1. The van der Waals surface area contributed by atoms with Gasteiger partial charge in [-0.1, -0.05) is 13.0 Å². The van der Waals surface area contributed by atoms with Gasteiger partial charge in [0.1, 0.15) is 0 Å². The number of carbonyl (C=O) groups is 1. The van der Waals surface area contributed by atoms with Crippen molar-refractivity contribution >= 4 is 17.3 Å². The largest absolute Gasteiger partial charge is 0 e. The van der Waals surface area contributed by atoms with Crippen molar-refractivity contribution in [2.75, 3.05) is 0 Å². The molecular weight excluding hydrogens is 359 g/mol. The molecular formula is C16H13MnO5S. The van der Waals surface area contributed by atoms with E-state index in [1.54, 1.807) is 11.3 Å². The van der Waals surface area contributed by atoms with E-state index in [2.05, 4.69) is 32.4 Å². The Kier molecular flexibility index (Phi) is 20.1. The SMILES string of the molecule is C[C]1[CH][CH][C](OC(C)=O)[C@H](c2cccs2)[CH]1.[C-]#[O+].[C-]#[O+].[C-]#[O+].[Mn]. The van der Waals surface area contributed by atoms with E-state index in [9.17, 15) is 4.79 Å². The molecule has 0 bridgehead atoms. The van der Waals surface area contributed by atoms with Crippen LogP contribution in [0.15, 0.2) is 17.5 Å².